The Morgan fingerprint density at radius 3 is 2.50 bits per heavy atom. The van der Waals surface area contributed by atoms with Crippen molar-refractivity contribution in [1.29, 1.82) is 0 Å². The molecule has 2 heterocycles. The van der Waals surface area contributed by atoms with Crippen LogP contribution in [0.25, 0.3) is 0 Å². The van der Waals surface area contributed by atoms with Gasteiger partial charge < -0.3 is 10.6 Å². The van der Waals surface area contributed by atoms with E-state index in [1.165, 1.54) is 11.3 Å². The Labute approximate surface area is 163 Å². The summed E-state index contributed by atoms with van der Waals surface area (Å²) in [7, 11) is 0. The molecule has 1 aromatic carbocycles. The van der Waals surface area contributed by atoms with Gasteiger partial charge in [-0.25, -0.2) is 0 Å². The van der Waals surface area contributed by atoms with Crippen LogP contribution in [0.5, 0.6) is 0 Å². The highest BCUT2D eigenvalue weighted by atomic mass is 35.5. The summed E-state index contributed by atoms with van der Waals surface area (Å²) in [6.45, 7) is 2.60. The Balaban J connectivity index is 1.75. The van der Waals surface area contributed by atoms with Crippen LogP contribution in [0, 0.1) is 0 Å². The van der Waals surface area contributed by atoms with Crippen molar-refractivity contribution in [2.45, 2.75) is 13.5 Å². The summed E-state index contributed by atoms with van der Waals surface area (Å²) in [6.07, 6.45) is 1.72. The summed E-state index contributed by atoms with van der Waals surface area (Å²) < 4.78 is 1.65. The van der Waals surface area contributed by atoms with Crippen LogP contribution in [0.2, 0.25) is 10.0 Å². The molecule has 3 aromatic rings. The molecule has 0 saturated carbocycles. The van der Waals surface area contributed by atoms with Crippen molar-refractivity contribution in [2.24, 2.45) is 0 Å². The number of anilines is 2. The quantitative estimate of drug-likeness (QED) is 0.637. The van der Waals surface area contributed by atoms with Crippen LogP contribution in [-0.4, -0.2) is 21.6 Å². The maximum Gasteiger partial charge on any atom is 0.276 e. The third-order valence-corrected chi connectivity index (χ3v) is 4.72. The lowest BCUT2D eigenvalue weighted by Gasteiger charge is -2.08. The van der Waals surface area contributed by atoms with Crippen molar-refractivity contribution in [2.75, 3.05) is 10.6 Å². The van der Waals surface area contributed by atoms with Crippen LogP contribution < -0.4 is 10.6 Å². The van der Waals surface area contributed by atoms with Gasteiger partial charge in [0.1, 0.15) is 5.00 Å². The van der Waals surface area contributed by atoms with Gasteiger partial charge in [0.25, 0.3) is 11.8 Å². The number of aryl methyl sites for hydroxylation is 1. The highest BCUT2D eigenvalue weighted by Gasteiger charge is 2.17. The molecule has 0 spiro atoms. The second-order valence-electron chi connectivity index (χ2n) is 5.29. The van der Waals surface area contributed by atoms with Gasteiger partial charge in [0, 0.05) is 28.5 Å². The first-order valence-electron chi connectivity index (χ1n) is 7.66. The van der Waals surface area contributed by atoms with Crippen molar-refractivity contribution in [1.82, 2.24) is 9.78 Å². The first kappa shape index (κ1) is 18.4. The molecule has 0 fully saturated rings. The molecule has 9 heteroatoms. The molecule has 0 aliphatic rings. The predicted molar refractivity (Wildman–Crippen MR) is 105 cm³/mol. The molecule has 0 aliphatic carbocycles. The SMILES string of the molecule is CCn1ccc(C(=O)Nc2sccc2C(=O)Nc2cc(Cl)cc(Cl)c2)n1. The normalized spacial score (nSPS) is 10.6. The van der Waals surface area contributed by atoms with Crippen molar-refractivity contribution >= 4 is 57.0 Å². The van der Waals surface area contributed by atoms with Crippen LogP contribution in [0.15, 0.2) is 41.9 Å². The van der Waals surface area contributed by atoms with Gasteiger partial charge in [0.15, 0.2) is 5.69 Å². The molecule has 2 N–H and O–H groups in total. The van der Waals surface area contributed by atoms with E-state index in [9.17, 15) is 9.59 Å². The third kappa shape index (κ3) is 4.24. The van der Waals surface area contributed by atoms with Gasteiger partial charge in [-0.15, -0.1) is 11.3 Å². The van der Waals surface area contributed by atoms with Crippen molar-refractivity contribution in [3.63, 3.8) is 0 Å². The Morgan fingerprint density at radius 1 is 1.12 bits per heavy atom. The standard InChI is InChI=1S/C17H14Cl2N4O2S/c1-2-23-5-3-14(22-23)16(25)21-17-13(4-6-26-17)15(24)20-12-8-10(18)7-11(19)9-12/h3-9H,2H2,1H3,(H,20,24)(H,21,25). The van der Waals surface area contributed by atoms with Crippen LogP contribution in [0.3, 0.4) is 0 Å². The molecule has 0 bridgehead atoms. The highest BCUT2D eigenvalue weighted by molar-refractivity contribution is 7.14. The fourth-order valence-corrected chi connectivity index (χ4v) is 3.54. The number of aromatic nitrogens is 2. The number of amides is 2. The van der Waals surface area contributed by atoms with E-state index in [4.69, 9.17) is 23.2 Å². The molecule has 0 aliphatic heterocycles. The number of nitrogens with zero attached hydrogens (tertiary/aromatic N) is 2. The fourth-order valence-electron chi connectivity index (χ4n) is 2.24. The molecule has 0 saturated heterocycles. The first-order chi connectivity index (χ1) is 12.5. The summed E-state index contributed by atoms with van der Waals surface area (Å²) >= 11 is 13.1. The van der Waals surface area contributed by atoms with Crippen molar-refractivity contribution in [3.8, 4) is 0 Å². The molecule has 0 unspecified atom stereocenters. The molecule has 26 heavy (non-hydrogen) atoms. The number of hydrogen-bond acceptors (Lipinski definition) is 4. The Morgan fingerprint density at radius 2 is 1.85 bits per heavy atom. The maximum atomic E-state index is 12.5. The van der Waals surface area contributed by atoms with E-state index in [2.05, 4.69) is 15.7 Å². The molecule has 0 atom stereocenters. The number of benzene rings is 1. The molecular formula is C17H14Cl2N4O2S. The lowest BCUT2D eigenvalue weighted by atomic mass is 10.2. The zero-order valence-electron chi connectivity index (χ0n) is 13.6. The lowest BCUT2D eigenvalue weighted by molar-refractivity contribution is 0.102. The molecule has 134 valence electrons. The zero-order chi connectivity index (χ0) is 18.7. The topological polar surface area (TPSA) is 76.0 Å². The number of nitrogens with one attached hydrogen (secondary N) is 2. The lowest BCUT2D eigenvalue weighted by Crippen LogP contribution is -2.17. The summed E-state index contributed by atoms with van der Waals surface area (Å²) in [5.74, 6) is -0.751. The first-order valence-corrected chi connectivity index (χ1v) is 9.29. The second kappa shape index (κ2) is 7.90. The smallest absolute Gasteiger partial charge is 0.276 e. The Hall–Kier alpha value is -2.35. The number of hydrogen-bond donors (Lipinski definition) is 2. The van der Waals surface area contributed by atoms with E-state index in [0.717, 1.165) is 0 Å². The summed E-state index contributed by atoms with van der Waals surface area (Å²) in [4.78, 5) is 24.8. The monoisotopic (exact) mass is 408 g/mol. The minimum absolute atomic E-state index is 0.285. The average molecular weight is 409 g/mol. The summed E-state index contributed by atoms with van der Waals surface area (Å²) in [5, 5.41) is 12.6. The van der Waals surface area contributed by atoms with Gasteiger partial charge in [-0.3, -0.25) is 14.3 Å². The molecule has 0 radical (unpaired) electrons. The minimum atomic E-state index is -0.376. The average Bonchev–Trinajstić information content (AvgIpc) is 3.22. The molecule has 2 aromatic heterocycles. The van der Waals surface area contributed by atoms with E-state index < -0.39 is 0 Å². The minimum Gasteiger partial charge on any atom is -0.322 e. The molecule has 2 amide bonds. The molecule has 3 rings (SSSR count). The van der Waals surface area contributed by atoms with Gasteiger partial charge in [0.05, 0.1) is 5.56 Å². The predicted octanol–water partition coefficient (Wildman–Crippen LogP) is 4.78. The summed E-state index contributed by atoms with van der Waals surface area (Å²) in [5.41, 5.74) is 1.10. The van der Waals surface area contributed by atoms with Crippen molar-refractivity contribution in [3.05, 3.63) is 63.2 Å². The largest absolute Gasteiger partial charge is 0.322 e. The maximum absolute atomic E-state index is 12.5. The summed E-state index contributed by atoms with van der Waals surface area (Å²) in [6, 6.07) is 8.01. The number of halogens is 2. The Bertz CT molecular complexity index is 947. The van der Waals surface area contributed by atoms with E-state index in [1.54, 1.807) is 46.6 Å². The number of carbonyl (C=O) groups is 2. The third-order valence-electron chi connectivity index (χ3n) is 3.45. The molecule has 6 nitrogen and oxygen atoms in total. The van der Waals surface area contributed by atoms with E-state index in [1.807, 2.05) is 6.92 Å². The van der Waals surface area contributed by atoms with E-state index in [0.29, 0.717) is 32.8 Å². The molecular weight excluding hydrogens is 395 g/mol. The van der Waals surface area contributed by atoms with Gasteiger partial charge in [-0.1, -0.05) is 23.2 Å². The number of carbonyl (C=O) groups excluding carboxylic acids is 2. The van der Waals surface area contributed by atoms with Crippen LogP contribution in [-0.2, 0) is 6.54 Å². The number of rotatable bonds is 5. The van der Waals surface area contributed by atoms with E-state index >= 15 is 0 Å². The highest BCUT2D eigenvalue weighted by Crippen LogP contribution is 2.27. The fraction of sp³-hybridized carbons (Fsp3) is 0.118. The van der Waals surface area contributed by atoms with Crippen LogP contribution in [0.1, 0.15) is 27.8 Å². The number of thiophene rings is 1. The van der Waals surface area contributed by atoms with Crippen molar-refractivity contribution < 1.29 is 9.59 Å². The van der Waals surface area contributed by atoms with E-state index in [-0.39, 0.29) is 17.5 Å². The Kier molecular flexibility index (Phi) is 5.61. The van der Waals surface area contributed by atoms with Gasteiger partial charge >= 0.3 is 0 Å². The van der Waals surface area contributed by atoms with Gasteiger partial charge in [0.2, 0.25) is 0 Å². The zero-order valence-corrected chi connectivity index (χ0v) is 16.0. The van der Waals surface area contributed by atoms with Crippen LogP contribution in [0.4, 0.5) is 10.7 Å². The van der Waals surface area contributed by atoms with Gasteiger partial charge in [-0.05, 0) is 42.6 Å². The van der Waals surface area contributed by atoms with Crippen LogP contribution >= 0.6 is 34.5 Å². The second-order valence-corrected chi connectivity index (χ2v) is 7.08. The van der Waals surface area contributed by atoms with Gasteiger partial charge in [-0.2, -0.15) is 5.10 Å².